The van der Waals surface area contributed by atoms with Crippen LogP contribution in [0.3, 0.4) is 0 Å². The first kappa shape index (κ1) is 27.3. The molecule has 0 bridgehead atoms. The van der Waals surface area contributed by atoms with Crippen molar-refractivity contribution in [3.05, 3.63) is 11.8 Å². The van der Waals surface area contributed by atoms with Crippen molar-refractivity contribution in [1.29, 1.82) is 0 Å². The number of hydrogen-bond acceptors (Lipinski definition) is 3. The number of halogens is 3. The SMILES string of the molecule is CC(C)CCC[C@@H](C)[C@H]1CC[C@H]2[C@@H]3CCC4CC(OS(=O)(=O)C(F)(F)F)=CC[C@]4(C)[C@H]3CC[C@]12C. The molecule has 4 aliphatic carbocycles. The normalized spacial score (nSPS) is 40.5. The fourth-order valence-electron chi connectivity index (χ4n) is 9.13. The highest BCUT2D eigenvalue weighted by Crippen LogP contribution is 2.68. The maximum absolute atomic E-state index is 12.8. The molecule has 0 N–H and O–H groups in total. The maximum Gasteiger partial charge on any atom is 0.534 e. The zero-order valence-electron chi connectivity index (χ0n) is 22.2. The Hall–Kier alpha value is -0.720. The molecular formula is C28H45F3O3S. The minimum Gasteiger partial charge on any atom is -0.381 e. The van der Waals surface area contributed by atoms with Crippen LogP contribution >= 0.6 is 0 Å². The van der Waals surface area contributed by atoms with Gasteiger partial charge in [-0.25, -0.2) is 0 Å². The Morgan fingerprint density at radius 1 is 1.00 bits per heavy atom. The Morgan fingerprint density at radius 3 is 2.34 bits per heavy atom. The topological polar surface area (TPSA) is 43.4 Å². The lowest BCUT2D eigenvalue weighted by molar-refractivity contribution is -0.104. The van der Waals surface area contributed by atoms with Crippen LogP contribution in [0.2, 0.25) is 0 Å². The first-order chi connectivity index (χ1) is 16.2. The predicted molar refractivity (Wildman–Crippen MR) is 133 cm³/mol. The summed E-state index contributed by atoms with van der Waals surface area (Å²) in [5, 5.41) is 0. The molecule has 0 aromatic carbocycles. The predicted octanol–water partition coefficient (Wildman–Crippen LogP) is 8.47. The van der Waals surface area contributed by atoms with E-state index in [0.29, 0.717) is 30.1 Å². The third kappa shape index (κ3) is 4.93. The van der Waals surface area contributed by atoms with Gasteiger partial charge in [0, 0.05) is 6.42 Å². The van der Waals surface area contributed by atoms with E-state index in [4.69, 9.17) is 0 Å². The van der Waals surface area contributed by atoms with Crippen LogP contribution in [0.15, 0.2) is 11.8 Å². The van der Waals surface area contributed by atoms with Gasteiger partial charge in [-0.1, -0.05) is 53.9 Å². The number of hydrogen-bond donors (Lipinski definition) is 0. The molecule has 8 atom stereocenters. The molecule has 1 unspecified atom stereocenters. The van der Waals surface area contributed by atoms with Crippen molar-refractivity contribution in [2.75, 3.05) is 0 Å². The van der Waals surface area contributed by atoms with Gasteiger partial charge >= 0.3 is 15.6 Å². The van der Waals surface area contributed by atoms with Crippen LogP contribution in [0.5, 0.6) is 0 Å². The van der Waals surface area contributed by atoms with Crippen molar-refractivity contribution in [3.63, 3.8) is 0 Å². The second kappa shape index (κ2) is 9.54. The molecule has 3 fully saturated rings. The van der Waals surface area contributed by atoms with E-state index in [-0.39, 0.29) is 17.1 Å². The molecule has 0 aliphatic heterocycles. The molecule has 0 aromatic rings. The van der Waals surface area contributed by atoms with Gasteiger partial charge in [0.2, 0.25) is 0 Å². The average Bonchev–Trinajstić information content (AvgIpc) is 3.10. The molecule has 3 nitrogen and oxygen atoms in total. The fraction of sp³-hybridized carbons (Fsp3) is 0.929. The third-order valence-electron chi connectivity index (χ3n) is 11.0. The van der Waals surface area contributed by atoms with E-state index in [2.05, 4.69) is 38.8 Å². The summed E-state index contributed by atoms with van der Waals surface area (Å²) in [4.78, 5) is 0. The molecule has 202 valence electrons. The van der Waals surface area contributed by atoms with Crippen LogP contribution in [0, 0.1) is 52.3 Å². The summed E-state index contributed by atoms with van der Waals surface area (Å²) >= 11 is 0. The molecule has 0 amide bonds. The van der Waals surface area contributed by atoms with Gasteiger partial charge in [0.15, 0.2) is 0 Å². The van der Waals surface area contributed by atoms with E-state index >= 15 is 0 Å². The monoisotopic (exact) mass is 518 g/mol. The maximum atomic E-state index is 12.8. The first-order valence-electron chi connectivity index (χ1n) is 13.9. The molecular weight excluding hydrogens is 473 g/mol. The summed E-state index contributed by atoms with van der Waals surface area (Å²) in [7, 11) is -5.59. The largest absolute Gasteiger partial charge is 0.534 e. The number of allylic oxidation sites excluding steroid dienone is 2. The quantitative estimate of drug-likeness (QED) is 0.251. The second-order valence-corrected chi connectivity index (χ2v) is 14.8. The summed E-state index contributed by atoms with van der Waals surface area (Å²) in [6.07, 6.45) is 13.6. The van der Waals surface area contributed by atoms with Crippen LogP contribution in [0.1, 0.15) is 105 Å². The van der Waals surface area contributed by atoms with Crippen molar-refractivity contribution >= 4 is 10.1 Å². The molecule has 3 saturated carbocycles. The average molecular weight is 519 g/mol. The van der Waals surface area contributed by atoms with E-state index in [0.717, 1.165) is 36.5 Å². The lowest BCUT2D eigenvalue weighted by Gasteiger charge is -2.60. The van der Waals surface area contributed by atoms with E-state index in [1.165, 1.54) is 44.9 Å². The van der Waals surface area contributed by atoms with Crippen molar-refractivity contribution in [2.45, 2.75) is 111 Å². The van der Waals surface area contributed by atoms with E-state index < -0.39 is 15.6 Å². The molecule has 0 spiro atoms. The van der Waals surface area contributed by atoms with Crippen molar-refractivity contribution in [2.24, 2.45) is 52.3 Å². The highest BCUT2D eigenvalue weighted by Gasteiger charge is 2.60. The van der Waals surface area contributed by atoms with Crippen LogP contribution in [0.25, 0.3) is 0 Å². The fourth-order valence-corrected chi connectivity index (χ4v) is 9.64. The van der Waals surface area contributed by atoms with Gasteiger partial charge in [0.05, 0.1) is 0 Å². The van der Waals surface area contributed by atoms with Gasteiger partial charge in [-0.3, -0.25) is 0 Å². The number of alkyl halides is 3. The summed E-state index contributed by atoms with van der Waals surface area (Å²) in [6.45, 7) is 12.0. The van der Waals surface area contributed by atoms with E-state index in [9.17, 15) is 21.6 Å². The second-order valence-electron chi connectivity index (χ2n) is 13.2. The Balaban J connectivity index is 1.46. The zero-order chi connectivity index (χ0) is 25.8. The van der Waals surface area contributed by atoms with Gasteiger partial charge in [-0.05, 0) is 103 Å². The third-order valence-corrected chi connectivity index (χ3v) is 12.0. The van der Waals surface area contributed by atoms with Gasteiger partial charge < -0.3 is 4.18 Å². The van der Waals surface area contributed by atoms with E-state index in [1.807, 2.05) is 0 Å². The Bertz CT molecular complexity index is 911. The van der Waals surface area contributed by atoms with Crippen LogP contribution < -0.4 is 0 Å². The Kier molecular flexibility index (Phi) is 7.45. The van der Waals surface area contributed by atoms with Crippen molar-refractivity contribution in [3.8, 4) is 0 Å². The molecule has 35 heavy (non-hydrogen) atoms. The first-order valence-corrected chi connectivity index (χ1v) is 15.3. The summed E-state index contributed by atoms with van der Waals surface area (Å²) in [5.41, 5.74) is -4.97. The minimum atomic E-state index is -5.59. The van der Waals surface area contributed by atoms with Gasteiger partial charge in [-0.2, -0.15) is 21.6 Å². The molecule has 7 heteroatoms. The minimum absolute atomic E-state index is 0.0138. The molecule has 0 radical (unpaired) electrons. The molecule has 4 rings (SSSR count). The van der Waals surface area contributed by atoms with E-state index in [1.54, 1.807) is 6.08 Å². The standard InChI is InChI=1S/C28H45F3O3S/c1-18(2)7-6-8-19(3)23-11-12-24-22-10-9-20-17-21(34-35(32,33)28(29,30)31)13-15-26(20,4)25(22)14-16-27(23,24)5/h13,18-20,22-25H,6-12,14-17H2,1-5H3/t19-,20?,22+,23-,24+,25+,26+,27-/m1/s1. The number of rotatable bonds is 7. The lowest BCUT2D eigenvalue weighted by atomic mass is 9.45. The summed E-state index contributed by atoms with van der Waals surface area (Å²) in [6, 6.07) is 0. The smallest absolute Gasteiger partial charge is 0.381 e. The van der Waals surface area contributed by atoms with Gasteiger partial charge in [0.1, 0.15) is 5.76 Å². The summed E-state index contributed by atoms with van der Waals surface area (Å²) < 4.78 is 66.1. The van der Waals surface area contributed by atoms with Gasteiger partial charge in [-0.15, -0.1) is 0 Å². The highest BCUT2D eigenvalue weighted by atomic mass is 32.2. The molecule has 0 saturated heterocycles. The molecule has 4 aliphatic rings. The van der Waals surface area contributed by atoms with Crippen LogP contribution in [-0.4, -0.2) is 13.9 Å². The van der Waals surface area contributed by atoms with Gasteiger partial charge in [0.25, 0.3) is 0 Å². The number of fused-ring (bicyclic) bond motifs is 5. The molecule has 0 aromatic heterocycles. The zero-order valence-corrected chi connectivity index (χ0v) is 23.0. The van der Waals surface area contributed by atoms with Crippen molar-refractivity contribution < 1.29 is 25.8 Å². The summed E-state index contributed by atoms with van der Waals surface area (Å²) in [5.74, 6) is 4.48. The highest BCUT2D eigenvalue weighted by molar-refractivity contribution is 7.87. The Labute approximate surface area is 210 Å². The van der Waals surface area contributed by atoms with Crippen LogP contribution in [0.4, 0.5) is 13.2 Å². The molecule has 0 heterocycles. The van der Waals surface area contributed by atoms with Crippen LogP contribution in [-0.2, 0) is 14.3 Å². The van der Waals surface area contributed by atoms with Crippen molar-refractivity contribution in [1.82, 2.24) is 0 Å². The Morgan fingerprint density at radius 2 is 1.69 bits per heavy atom. The lowest BCUT2D eigenvalue weighted by Crippen LogP contribution is -2.53.